The third-order valence-corrected chi connectivity index (χ3v) is 3.35. The van der Waals surface area contributed by atoms with Gasteiger partial charge in [0.05, 0.1) is 0 Å². The van der Waals surface area contributed by atoms with Crippen molar-refractivity contribution >= 4 is 23.5 Å². The number of carbonyl (C=O) groups excluding carboxylic acids is 2. The Morgan fingerprint density at radius 3 is 2.33 bits per heavy atom. The van der Waals surface area contributed by atoms with Crippen molar-refractivity contribution in [2.24, 2.45) is 5.41 Å². The summed E-state index contributed by atoms with van der Waals surface area (Å²) in [5.74, 6) is -1.36. The average Bonchev–Trinajstić information content (AvgIpc) is 3.28. The molecule has 0 saturated heterocycles. The summed E-state index contributed by atoms with van der Waals surface area (Å²) in [5, 5.41) is 14.0. The van der Waals surface area contributed by atoms with Crippen LogP contribution in [0.1, 0.15) is 12.8 Å². The molecule has 3 N–H and O–H groups in total. The fourth-order valence-corrected chi connectivity index (χ4v) is 1.77. The van der Waals surface area contributed by atoms with Crippen molar-refractivity contribution in [2.45, 2.75) is 12.8 Å². The number of hydrogen-bond donors (Lipinski definition) is 3. The largest absolute Gasteiger partial charge is 0.484 e. The van der Waals surface area contributed by atoms with Gasteiger partial charge in [-0.3, -0.25) is 14.4 Å². The highest BCUT2D eigenvalue weighted by Gasteiger charge is 2.57. The Balaban J connectivity index is 1.92. The van der Waals surface area contributed by atoms with Crippen molar-refractivity contribution in [3.8, 4) is 5.75 Å². The molecular formula is C14H16N2O5. The molecule has 1 aliphatic carbocycles. The van der Waals surface area contributed by atoms with Crippen LogP contribution in [0.3, 0.4) is 0 Å². The molecule has 2 amide bonds. The molecule has 1 aliphatic rings. The second-order valence-electron chi connectivity index (χ2n) is 4.83. The first kappa shape index (κ1) is 14.8. The molecule has 0 radical (unpaired) electrons. The van der Waals surface area contributed by atoms with Crippen LogP contribution in [0.4, 0.5) is 5.69 Å². The van der Waals surface area contributed by atoms with E-state index in [2.05, 4.69) is 10.6 Å². The van der Waals surface area contributed by atoms with E-state index in [1.165, 1.54) is 7.05 Å². The Morgan fingerprint density at radius 1 is 1.24 bits per heavy atom. The minimum Gasteiger partial charge on any atom is -0.484 e. The van der Waals surface area contributed by atoms with Crippen molar-refractivity contribution in [1.29, 1.82) is 0 Å². The summed E-state index contributed by atoms with van der Waals surface area (Å²) in [6, 6.07) is 6.38. The van der Waals surface area contributed by atoms with Gasteiger partial charge in [0.25, 0.3) is 5.91 Å². The summed E-state index contributed by atoms with van der Waals surface area (Å²) < 4.78 is 5.22. The lowest BCUT2D eigenvalue weighted by molar-refractivity contribution is -0.147. The molecule has 0 atom stereocenters. The average molecular weight is 292 g/mol. The summed E-state index contributed by atoms with van der Waals surface area (Å²) in [4.78, 5) is 34.0. The monoisotopic (exact) mass is 292 g/mol. The minimum atomic E-state index is -1.27. The standard InChI is InChI=1S/C14H16N2O5/c1-15-11(17)8-21-10-4-2-9(3-5-10)16-12(18)14(6-7-14)13(19)20/h2-5H,6-8H2,1H3,(H,15,17)(H,16,18)(H,19,20). The van der Waals surface area contributed by atoms with Gasteiger partial charge in [0.15, 0.2) is 6.61 Å². The number of carboxylic acids is 1. The van der Waals surface area contributed by atoms with Crippen LogP contribution < -0.4 is 15.4 Å². The predicted molar refractivity (Wildman–Crippen MR) is 73.9 cm³/mol. The first-order valence-corrected chi connectivity index (χ1v) is 6.46. The van der Waals surface area contributed by atoms with E-state index in [0.29, 0.717) is 24.3 Å². The van der Waals surface area contributed by atoms with Crippen LogP contribution in [0.2, 0.25) is 0 Å². The van der Waals surface area contributed by atoms with Gasteiger partial charge in [-0.15, -0.1) is 0 Å². The fraction of sp³-hybridized carbons (Fsp3) is 0.357. The predicted octanol–water partition coefficient (Wildman–Crippen LogP) is 0.615. The first-order chi connectivity index (χ1) is 9.98. The maximum Gasteiger partial charge on any atom is 0.319 e. The topological polar surface area (TPSA) is 105 Å². The van der Waals surface area contributed by atoms with E-state index in [-0.39, 0.29) is 12.5 Å². The van der Waals surface area contributed by atoms with E-state index in [9.17, 15) is 14.4 Å². The lowest BCUT2D eigenvalue weighted by Crippen LogP contribution is -2.31. The molecule has 2 rings (SSSR count). The quantitative estimate of drug-likeness (QED) is 0.666. The Hall–Kier alpha value is -2.57. The fourth-order valence-electron chi connectivity index (χ4n) is 1.77. The van der Waals surface area contributed by atoms with Gasteiger partial charge in [0, 0.05) is 12.7 Å². The number of hydrogen-bond acceptors (Lipinski definition) is 4. The van der Waals surface area contributed by atoms with Crippen molar-refractivity contribution in [2.75, 3.05) is 19.0 Å². The number of rotatable bonds is 6. The number of anilines is 1. The minimum absolute atomic E-state index is 0.0929. The second-order valence-corrected chi connectivity index (χ2v) is 4.83. The van der Waals surface area contributed by atoms with Gasteiger partial charge in [-0.2, -0.15) is 0 Å². The van der Waals surface area contributed by atoms with Gasteiger partial charge >= 0.3 is 5.97 Å². The second kappa shape index (κ2) is 5.82. The molecule has 0 aromatic heterocycles. The summed E-state index contributed by atoms with van der Waals surface area (Å²) >= 11 is 0. The van der Waals surface area contributed by atoms with Gasteiger partial charge in [-0.05, 0) is 37.1 Å². The molecular weight excluding hydrogens is 276 g/mol. The molecule has 0 aliphatic heterocycles. The summed E-state index contributed by atoms with van der Waals surface area (Å²) in [6.45, 7) is -0.0929. The molecule has 0 spiro atoms. The molecule has 0 unspecified atom stereocenters. The number of benzene rings is 1. The highest BCUT2D eigenvalue weighted by molar-refractivity contribution is 6.10. The number of ether oxygens (including phenoxy) is 1. The zero-order valence-corrected chi connectivity index (χ0v) is 11.5. The summed E-state index contributed by atoms with van der Waals surface area (Å²) in [5.41, 5.74) is -0.784. The van der Waals surface area contributed by atoms with Crippen molar-refractivity contribution in [3.05, 3.63) is 24.3 Å². The van der Waals surface area contributed by atoms with Crippen molar-refractivity contribution < 1.29 is 24.2 Å². The highest BCUT2D eigenvalue weighted by atomic mass is 16.5. The molecule has 7 heteroatoms. The van der Waals surface area contributed by atoms with Gasteiger partial charge in [-0.25, -0.2) is 0 Å². The third-order valence-electron chi connectivity index (χ3n) is 3.35. The summed E-state index contributed by atoms with van der Waals surface area (Å²) in [6.07, 6.45) is 0.725. The van der Waals surface area contributed by atoms with E-state index in [0.717, 1.165) is 0 Å². The van der Waals surface area contributed by atoms with Gasteiger partial charge < -0.3 is 20.5 Å². The van der Waals surface area contributed by atoms with Gasteiger partial charge in [0.1, 0.15) is 11.2 Å². The molecule has 7 nitrogen and oxygen atoms in total. The highest BCUT2D eigenvalue weighted by Crippen LogP contribution is 2.46. The number of carbonyl (C=O) groups is 3. The number of amides is 2. The van der Waals surface area contributed by atoms with Crippen LogP contribution in [-0.4, -0.2) is 36.5 Å². The Kier molecular flexibility index (Phi) is 4.11. The van der Waals surface area contributed by atoms with Gasteiger partial charge in [-0.1, -0.05) is 0 Å². The normalized spacial score (nSPS) is 14.9. The Morgan fingerprint density at radius 2 is 1.86 bits per heavy atom. The Bertz CT molecular complexity index is 563. The van der Waals surface area contributed by atoms with Gasteiger partial charge in [0.2, 0.25) is 5.91 Å². The lowest BCUT2D eigenvalue weighted by Gasteiger charge is -2.11. The maximum absolute atomic E-state index is 11.9. The van der Waals surface area contributed by atoms with Crippen LogP contribution in [0, 0.1) is 5.41 Å². The first-order valence-electron chi connectivity index (χ1n) is 6.46. The lowest BCUT2D eigenvalue weighted by atomic mass is 10.1. The SMILES string of the molecule is CNC(=O)COc1ccc(NC(=O)C2(C(=O)O)CC2)cc1. The molecule has 0 bridgehead atoms. The number of likely N-dealkylation sites (N-methyl/N-ethyl adjacent to an activating group) is 1. The molecule has 1 aromatic carbocycles. The zero-order valence-electron chi connectivity index (χ0n) is 11.5. The van der Waals surface area contributed by atoms with Crippen LogP contribution in [0.25, 0.3) is 0 Å². The summed E-state index contributed by atoms with van der Waals surface area (Å²) in [7, 11) is 1.51. The number of carboxylic acid groups (broad SMARTS) is 1. The maximum atomic E-state index is 11.9. The van der Waals surface area contributed by atoms with Crippen LogP contribution in [0.5, 0.6) is 5.75 Å². The van der Waals surface area contributed by atoms with Crippen LogP contribution in [-0.2, 0) is 14.4 Å². The van der Waals surface area contributed by atoms with Crippen LogP contribution in [0.15, 0.2) is 24.3 Å². The van der Waals surface area contributed by atoms with E-state index in [1.807, 2.05) is 0 Å². The molecule has 112 valence electrons. The molecule has 1 fully saturated rings. The number of nitrogens with one attached hydrogen (secondary N) is 2. The van der Waals surface area contributed by atoms with Crippen LogP contribution >= 0.6 is 0 Å². The van der Waals surface area contributed by atoms with Crippen molar-refractivity contribution in [1.82, 2.24) is 5.32 Å². The molecule has 0 heterocycles. The molecule has 21 heavy (non-hydrogen) atoms. The van der Waals surface area contributed by atoms with Crippen molar-refractivity contribution in [3.63, 3.8) is 0 Å². The smallest absolute Gasteiger partial charge is 0.319 e. The Labute approximate surface area is 121 Å². The van der Waals surface area contributed by atoms with E-state index >= 15 is 0 Å². The molecule has 1 saturated carbocycles. The van der Waals surface area contributed by atoms with E-state index < -0.39 is 17.3 Å². The van der Waals surface area contributed by atoms with E-state index in [1.54, 1.807) is 24.3 Å². The third kappa shape index (κ3) is 3.31. The van der Waals surface area contributed by atoms with E-state index in [4.69, 9.17) is 9.84 Å². The zero-order chi connectivity index (χ0) is 15.5. The molecule has 1 aromatic rings. The number of aliphatic carboxylic acids is 1.